The van der Waals surface area contributed by atoms with E-state index in [1.54, 1.807) is 24.3 Å². The van der Waals surface area contributed by atoms with Crippen molar-refractivity contribution in [3.8, 4) is 5.75 Å². The molecule has 0 fully saturated rings. The third-order valence-corrected chi connectivity index (χ3v) is 3.25. The molecule has 138 valence electrons. The Morgan fingerprint density at radius 1 is 1.08 bits per heavy atom. The van der Waals surface area contributed by atoms with E-state index in [4.69, 9.17) is 9.47 Å². The first-order valence-corrected chi connectivity index (χ1v) is 8.32. The van der Waals surface area contributed by atoms with Gasteiger partial charge in [-0.05, 0) is 43.5 Å². The fraction of sp³-hybridized carbons (Fsp3) is 0.500. The summed E-state index contributed by atoms with van der Waals surface area (Å²) in [6.45, 7) is 7.87. The van der Waals surface area contributed by atoms with Gasteiger partial charge in [-0.25, -0.2) is 9.59 Å². The van der Waals surface area contributed by atoms with E-state index in [1.165, 1.54) is 0 Å². The monoisotopic (exact) mass is 350 g/mol. The third-order valence-electron chi connectivity index (χ3n) is 3.25. The number of hydrogen-bond acceptors (Lipinski definition) is 5. The van der Waals surface area contributed by atoms with Crippen LogP contribution in [-0.2, 0) is 9.53 Å². The van der Waals surface area contributed by atoms with Crippen molar-refractivity contribution in [2.24, 2.45) is 5.92 Å². The molecule has 7 heteroatoms. The van der Waals surface area contributed by atoms with Gasteiger partial charge in [-0.2, -0.15) is 0 Å². The van der Waals surface area contributed by atoms with Gasteiger partial charge in [0.1, 0.15) is 5.75 Å². The largest absolute Gasteiger partial charge is 0.493 e. The van der Waals surface area contributed by atoms with Crippen LogP contribution in [0.1, 0.15) is 44.5 Å². The van der Waals surface area contributed by atoms with E-state index in [9.17, 15) is 14.4 Å². The summed E-state index contributed by atoms with van der Waals surface area (Å²) in [5.74, 6) is -0.274. The van der Waals surface area contributed by atoms with Crippen LogP contribution in [-0.4, -0.2) is 37.2 Å². The molecule has 1 rings (SSSR count). The van der Waals surface area contributed by atoms with Crippen molar-refractivity contribution >= 4 is 17.9 Å². The first kappa shape index (κ1) is 20.5. The Balaban J connectivity index is 2.40. The van der Waals surface area contributed by atoms with E-state index >= 15 is 0 Å². The molecule has 0 aliphatic heterocycles. The van der Waals surface area contributed by atoms with Gasteiger partial charge in [-0.3, -0.25) is 10.1 Å². The molecule has 7 nitrogen and oxygen atoms in total. The van der Waals surface area contributed by atoms with Gasteiger partial charge in [0.25, 0.3) is 5.91 Å². The van der Waals surface area contributed by atoms with Crippen LogP contribution in [0.3, 0.4) is 0 Å². The second-order valence-electron chi connectivity index (χ2n) is 6.14. The van der Waals surface area contributed by atoms with Crippen LogP contribution in [0.15, 0.2) is 24.3 Å². The lowest BCUT2D eigenvalue weighted by atomic mass is 10.2. The van der Waals surface area contributed by atoms with Crippen LogP contribution < -0.4 is 15.4 Å². The maximum atomic E-state index is 11.9. The van der Waals surface area contributed by atoms with E-state index in [0.717, 1.165) is 6.42 Å². The van der Waals surface area contributed by atoms with Crippen LogP contribution in [0.2, 0.25) is 0 Å². The maximum Gasteiger partial charge on any atom is 0.338 e. The molecule has 0 aliphatic carbocycles. The highest BCUT2D eigenvalue weighted by Gasteiger charge is 2.13. The van der Waals surface area contributed by atoms with Crippen molar-refractivity contribution in [1.82, 2.24) is 10.6 Å². The third kappa shape index (κ3) is 8.19. The van der Waals surface area contributed by atoms with E-state index in [1.807, 2.05) is 27.7 Å². The summed E-state index contributed by atoms with van der Waals surface area (Å²) >= 11 is 0. The highest BCUT2D eigenvalue weighted by molar-refractivity contribution is 5.97. The second-order valence-corrected chi connectivity index (χ2v) is 6.14. The zero-order valence-corrected chi connectivity index (χ0v) is 15.1. The molecule has 0 spiro atoms. The Labute approximate surface area is 148 Å². The Kier molecular flexibility index (Phi) is 8.46. The van der Waals surface area contributed by atoms with E-state index in [-0.39, 0.29) is 6.04 Å². The number of carbonyl (C=O) groups excluding carboxylic acids is 3. The van der Waals surface area contributed by atoms with Crippen molar-refractivity contribution < 1.29 is 23.9 Å². The van der Waals surface area contributed by atoms with Gasteiger partial charge in [0, 0.05) is 6.04 Å². The molecule has 0 radical (unpaired) electrons. The van der Waals surface area contributed by atoms with Gasteiger partial charge in [0.15, 0.2) is 6.61 Å². The Morgan fingerprint density at radius 2 is 1.72 bits per heavy atom. The summed E-state index contributed by atoms with van der Waals surface area (Å²) < 4.78 is 10.4. The SMILES string of the molecule is CC[C@@H](C)NC(=O)NC(=O)COC(=O)c1ccc(OCC(C)C)cc1. The van der Waals surface area contributed by atoms with E-state index < -0.39 is 24.5 Å². The quantitative estimate of drug-likeness (QED) is 0.703. The maximum absolute atomic E-state index is 11.9. The smallest absolute Gasteiger partial charge is 0.338 e. The first-order chi connectivity index (χ1) is 11.8. The van der Waals surface area contributed by atoms with Gasteiger partial charge in [-0.1, -0.05) is 20.8 Å². The molecule has 0 unspecified atom stereocenters. The van der Waals surface area contributed by atoms with Crippen LogP contribution in [0.4, 0.5) is 4.79 Å². The number of urea groups is 1. The summed E-state index contributed by atoms with van der Waals surface area (Å²) in [6, 6.07) is 5.79. The minimum atomic E-state index is -0.689. The molecule has 0 heterocycles. The van der Waals surface area contributed by atoms with Crippen molar-refractivity contribution in [2.45, 2.75) is 40.2 Å². The highest BCUT2D eigenvalue weighted by atomic mass is 16.5. The van der Waals surface area contributed by atoms with E-state index in [2.05, 4.69) is 10.6 Å². The summed E-state index contributed by atoms with van der Waals surface area (Å²) in [5, 5.41) is 4.68. The van der Waals surface area contributed by atoms with Crippen LogP contribution >= 0.6 is 0 Å². The number of esters is 1. The van der Waals surface area contributed by atoms with Gasteiger partial charge in [0.05, 0.1) is 12.2 Å². The summed E-state index contributed by atoms with van der Waals surface area (Å²) in [7, 11) is 0. The lowest BCUT2D eigenvalue weighted by Crippen LogP contribution is -2.44. The fourth-order valence-corrected chi connectivity index (χ4v) is 1.69. The van der Waals surface area contributed by atoms with Gasteiger partial charge in [0.2, 0.25) is 0 Å². The number of rotatable bonds is 8. The predicted octanol–water partition coefficient (Wildman–Crippen LogP) is 2.50. The lowest BCUT2D eigenvalue weighted by Gasteiger charge is -2.12. The van der Waals surface area contributed by atoms with Crippen molar-refractivity contribution in [3.63, 3.8) is 0 Å². The number of amides is 3. The highest BCUT2D eigenvalue weighted by Crippen LogP contribution is 2.14. The summed E-state index contributed by atoms with van der Waals surface area (Å²) in [5.41, 5.74) is 0.300. The minimum Gasteiger partial charge on any atom is -0.493 e. The van der Waals surface area contributed by atoms with Crippen LogP contribution in [0.25, 0.3) is 0 Å². The summed E-state index contributed by atoms with van der Waals surface area (Å²) in [4.78, 5) is 35.0. The van der Waals surface area contributed by atoms with Gasteiger partial charge >= 0.3 is 12.0 Å². The van der Waals surface area contributed by atoms with Crippen molar-refractivity contribution in [3.05, 3.63) is 29.8 Å². The molecule has 25 heavy (non-hydrogen) atoms. The number of carbonyl (C=O) groups is 3. The lowest BCUT2D eigenvalue weighted by molar-refractivity contribution is -0.123. The molecule has 0 saturated carbocycles. The zero-order valence-electron chi connectivity index (χ0n) is 15.1. The Hall–Kier alpha value is -2.57. The first-order valence-electron chi connectivity index (χ1n) is 8.32. The standard InChI is InChI=1S/C18H26N2O5/c1-5-13(4)19-18(23)20-16(21)11-25-17(22)14-6-8-15(9-7-14)24-10-12(2)3/h6-9,12-13H,5,10-11H2,1-4H3,(H2,19,20,21,23)/t13-/m1/s1. The Bertz CT molecular complexity index is 584. The molecule has 2 N–H and O–H groups in total. The van der Waals surface area contributed by atoms with Gasteiger partial charge < -0.3 is 14.8 Å². The molecule has 1 atom stereocenters. The number of ether oxygens (including phenoxy) is 2. The second kappa shape index (κ2) is 10.3. The average molecular weight is 350 g/mol. The molecule has 3 amide bonds. The van der Waals surface area contributed by atoms with Crippen LogP contribution in [0, 0.1) is 5.92 Å². The minimum absolute atomic E-state index is 0.0493. The topological polar surface area (TPSA) is 93.7 Å². The predicted molar refractivity (Wildman–Crippen MR) is 93.5 cm³/mol. The zero-order chi connectivity index (χ0) is 18.8. The van der Waals surface area contributed by atoms with E-state index in [0.29, 0.717) is 23.8 Å². The number of benzene rings is 1. The molecule has 0 aromatic heterocycles. The molecule has 1 aromatic carbocycles. The molecule has 1 aromatic rings. The molecule has 0 aliphatic rings. The normalized spacial score (nSPS) is 11.6. The van der Waals surface area contributed by atoms with Crippen molar-refractivity contribution in [1.29, 1.82) is 0 Å². The molecule has 0 saturated heterocycles. The van der Waals surface area contributed by atoms with Crippen molar-refractivity contribution in [2.75, 3.05) is 13.2 Å². The molecule has 0 bridgehead atoms. The fourth-order valence-electron chi connectivity index (χ4n) is 1.69. The number of nitrogens with one attached hydrogen (secondary N) is 2. The Morgan fingerprint density at radius 3 is 2.28 bits per heavy atom. The average Bonchev–Trinajstić information content (AvgIpc) is 2.57. The van der Waals surface area contributed by atoms with Crippen LogP contribution in [0.5, 0.6) is 5.75 Å². The number of hydrogen-bond donors (Lipinski definition) is 2. The summed E-state index contributed by atoms with van der Waals surface area (Å²) in [6.07, 6.45) is 0.744. The molecular formula is C18H26N2O5. The van der Waals surface area contributed by atoms with Gasteiger partial charge in [-0.15, -0.1) is 0 Å². The molecular weight excluding hydrogens is 324 g/mol. The number of imide groups is 1.